The van der Waals surface area contributed by atoms with Crippen molar-refractivity contribution in [2.75, 3.05) is 39.3 Å². The monoisotopic (exact) mass is 600 g/mol. The lowest BCUT2D eigenvalue weighted by molar-refractivity contribution is -0.162. The summed E-state index contributed by atoms with van der Waals surface area (Å²) in [5.41, 5.74) is 0. The molecule has 242 valence electrons. The van der Waals surface area contributed by atoms with Gasteiger partial charge in [0.2, 0.25) is 0 Å². The molecule has 0 bridgehead atoms. The van der Waals surface area contributed by atoms with Crippen LogP contribution >= 0.6 is 0 Å². The second-order valence-corrected chi connectivity index (χ2v) is 10.6. The Balaban J connectivity index is 4.86. The highest BCUT2D eigenvalue weighted by Crippen LogP contribution is 2.10. The van der Waals surface area contributed by atoms with Crippen molar-refractivity contribution in [3.8, 4) is 0 Å². The molecule has 0 saturated heterocycles. The van der Waals surface area contributed by atoms with Gasteiger partial charge in [0.25, 0.3) is 0 Å². The second kappa shape index (κ2) is 25.8. The molecule has 0 aromatic carbocycles. The average Bonchev–Trinajstić information content (AvgIpc) is 2.89. The van der Waals surface area contributed by atoms with Gasteiger partial charge in [-0.15, -0.1) is 0 Å². The fourth-order valence-electron chi connectivity index (χ4n) is 4.33. The van der Waals surface area contributed by atoms with Crippen molar-refractivity contribution < 1.29 is 48.5 Å². The Morgan fingerprint density at radius 1 is 0.452 bits per heavy atom. The third-order valence-corrected chi connectivity index (χ3v) is 6.58. The first-order chi connectivity index (χ1) is 20.1. The van der Waals surface area contributed by atoms with Gasteiger partial charge in [-0.25, -0.2) is 0 Å². The number of carbonyl (C=O) groups is 6. The second-order valence-electron chi connectivity index (χ2n) is 10.6. The highest BCUT2D eigenvalue weighted by atomic mass is 16.6. The Kier molecular flexibility index (Phi) is 24.1. The fraction of sp³-hybridized carbons (Fsp3) is 0.800. The smallest absolute Gasteiger partial charge is 0.327 e. The number of carbonyl (C=O) groups excluding carboxylic acids is 4. The van der Waals surface area contributed by atoms with Gasteiger partial charge in [0.1, 0.15) is 0 Å². The first-order valence-electron chi connectivity index (χ1n) is 15.4. The van der Waals surface area contributed by atoms with Crippen molar-refractivity contribution in [2.45, 2.75) is 117 Å². The van der Waals surface area contributed by atoms with Crippen LogP contribution in [0, 0.1) is 0 Å². The molecule has 0 heterocycles. The van der Waals surface area contributed by atoms with Gasteiger partial charge >= 0.3 is 35.8 Å². The summed E-state index contributed by atoms with van der Waals surface area (Å²) in [6, 6.07) is 0. The third-order valence-electron chi connectivity index (χ3n) is 6.58. The molecule has 12 heteroatoms. The van der Waals surface area contributed by atoms with E-state index in [0.29, 0.717) is 12.8 Å². The fourth-order valence-corrected chi connectivity index (χ4v) is 4.33. The summed E-state index contributed by atoms with van der Waals surface area (Å²) < 4.78 is 9.77. The highest BCUT2D eigenvalue weighted by molar-refractivity contribution is 5.88. The Bertz CT molecular complexity index is 756. The summed E-state index contributed by atoms with van der Waals surface area (Å²) in [6.07, 6.45) is 14.2. The van der Waals surface area contributed by atoms with Gasteiger partial charge in [-0.1, -0.05) is 90.9 Å². The van der Waals surface area contributed by atoms with E-state index in [4.69, 9.17) is 19.7 Å². The molecule has 42 heavy (non-hydrogen) atoms. The number of unbranched alkanes of at least 4 members (excludes halogenated alkanes) is 12. The molecule has 0 aromatic rings. The van der Waals surface area contributed by atoms with Gasteiger partial charge in [0, 0.05) is 25.9 Å². The van der Waals surface area contributed by atoms with Gasteiger partial charge in [0.15, 0.2) is 0 Å². The molecule has 0 aliphatic carbocycles. The van der Waals surface area contributed by atoms with E-state index in [1.54, 1.807) is 0 Å². The van der Waals surface area contributed by atoms with Gasteiger partial charge in [-0.05, 0) is 12.8 Å². The topological polar surface area (TPSA) is 168 Å². The minimum absolute atomic E-state index is 0.0830. The molecule has 0 spiro atoms. The zero-order chi connectivity index (χ0) is 31.6. The predicted octanol–water partition coefficient (Wildman–Crippen LogP) is 4.18. The number of ether oxygens (including phenoxy) is 2. The summed E-state index contributed by atoms with van der Waals surface area (Å²) >= 11 is 0. The zero-order valence-corrected chi connectivity index (χ0v) is 25.6. The van der Waals surface area contributed by atoms with Crippen molar-refractivity contribution in [1.82, 2.24) is 9.80 Å². The number of carboxylic acids is 2. The van der Waals surface area contributed by atoms with Gasteiger partial charge < -0.3 is 19.7 Å². The Labute approximate surface area is 250 Å². The van der Waals surface area contributed by atoms with E-state index in [2.05, 4.69) is 13.8 Å². The molecule has 0 radical (unpaired) electrons. The van der Waals surface area contributed by atoms with Crippen LogP contribution in [0.5, 0.6) is 0 Å². The molecule has 0 aromatic heterocycles. The number of hydrogen-bond acceptors (Lipinski definition) is 10. The van der Waals surface area contributed by atoms with E-state index in [-0.39, 0.29) is 25.9 Å². The number of nitrogens with zero attached hydrogens (tertiary/aromatic N) is 2. The third kappa shape index (κ3) is 24.9. The number of hydrogen-bond donors (Lipinski definition) is 2. The van der Waals surface area contributed by atoms with Crippen LogP contribution in [0.2, 0.25) is 0 Å². The van der Waals surface area contributed by atoms with E-state index in [9.17, 15) is 28.8 Å². The van der Waals surface area contributed by atoms with Crippen molar-refractivity contribution in [1.29, 1.82) is 0 Å². The summed E-state index contributed by atoms with van der Waals surface area (Å²) in [5, 5.41) is 18.1. The molecule has 0 unspecified atom stereocenters. The first-order valence-corrected chi connectivity index (χ1v) is 15.4. The maximum atomic E-state index is 12.4. The van der Waals surface area contributed by atoms with Crippen LogP contribution in [0.3, 0.4) is 0 Å². The summed E-state index contributed by atoms with van der Waals surface area (Å²) in [6.45, 7) is 1.91. The van der Waals surface area contributed by atoms with Gasteiger partial charge in [-0.3, -0.25) is 38.6 Å². The van der Waals surface area contributed by atoms with Crippen LogP contribution in [0.25, 0.3) is 0 Å². The Hall–Kier alpha value is -2.86. The number of aliphatic carboxylic acids is 2. The standard InChI is InChI=1S/C30H52N2O10/c1-3-5-7-9-11-13-15-17-27(37)41-29(39)23-32(20-19-31(21-25(33)34)22-26(35)36)24-30(40)42-28(38)18-16-14-12-10-8-6-4-2/h3-24H2,1-2H3,(H,33,34)(H,35,36). The maximum absolute atomic E-state index is 12.4. The zero-order valence-electron chi connectivity index (χ0n) is 25.6. The molecule has 0 amide bonds. The largest absolute Gasteiger partial charge is 0.480 e. The normalized spacial score (nSPS) is 11.0. The lowest BCUT2D eigenvalue weighted by atomic mass is 10.1. The van der Waals surface area contributed by atoms with Crippen LogP contribution < -0.4 is 0 Å². The Morgan fingerprint density at radius 2 is 0.762 bits per heavy atom. The maximum Gasteiger partial charge on any atom is 0.327 e. The molecular formula is C30H52N2O10. The first kappa shape index (κ1) is 39.1. The molecule has 0 fully saturated rings. The molecular weight excluding hydrogens is 548 g/mol. The van der Waals surface area contributed by atoms with Crippen LogP contribution in [0.4, 0.5) is 0 Å². The van der Waals surface area contributed by atoms with Crippen LogP contribution in [-0.2, 0) is 38.2 Å². The SMILES string of the molecule is CCCCCCCCCC(=O)OC(=O)CN(CCN(CC(=O)O)CC(=O)O)CC(=O)OC(=O)CCCCCCCCC. The van der Waals surface area contributed by atoms with E-state index in [1.807, 2.05) is 0 Å². The molecule has 0 rings (SSSR count). The lowest BCUT2D eigenvalue weighted by Crippen LogP contribution is -2.44. The molecule has 0 aliphatic rings. The van der Waals surface area contributed by atoms with E-state index >= 15 is 0 Å². The van der Waals surface area contributed by atoms with E-state index in [1.165, 1.54) is 17.7 Å². The number of esters is 4. The predicted molar refractivity (Wildman–Crippen MR) is 156 cm³/mol. The minimum atomic E-state index is -1.24. The number of rotatable bonds is 27. The quantitative estimate of drug-likeness (QED) is 0.0785. The minimum Gasteiger partial charge on any atom is -0.480 e. The summed E-state index contributed by atoms with van der Waals surface area (Å²) in [4.78, 5) is 73.7. The van der Waals surface area contributed by atoms with Crippen molar-refractivity contribution in [2.24, 2.45) is 0 Å². The van der Waals surface area contributed by atoms with Crippen molar-refractivity contribution >= 4 is 35.8 Å². The molecule has 0 aliphatic heterocycles. The number of carboxylic acid groups (broad SMARTS) is 2. The van der Waals surface area contributed by atoms with Crippen LogP contribution in [0.15, 0.2) is 0 Å². The lowest BCUT2D eigenvalue weighted by Gasteiger charge is -2.24. The molecule has 12 nitrogen and oxygen atoms in total. The van der Waals surface area contributed by atoms with E-state index < -0.39 is 62.0 Å². The van der Waals surface area contributed by atoms with Gasteiger partial charge in [0.05, 0.1) is 26.2 Å². The summed E-state index contributed by atoms with van der Waals surface area (Å²) in [5.74, 6) is -5.66. The van der Waals surface area contributed by atoms with Crippen LogP contribution in [0.1, 0.15) is 117 Å². The Morgan fingerprint density at radius 3 is 1.10 bits per heavy atom. The molecule has 0 atom stereocenters. The molecule has 0 saturated carbocycles. The van der Waals surface area contributed by atoms with E-state index in [0.717, 1.165) is 69.1 Å². The highest BCUT2D eigenvalue weighted by Gasteiger charge is 2.22. The molecule has 2 N–H and O–H groups in total. The van der Waals surface area contributed by atoms with Crippen molar-refractivity contribution in [3.05, 3.63) is 0 Å². The van der Waals surface area contributed by atoms with Crippen molar-refractivity contribution in [3.63, 3.8) is 0 Å². The average molecular weight is 601 g/mol. The van der Waals surface area contributed by atoms with Crippen LogP contribution in [-0.4, -0.2) is 95.1 Å². The summed E-state index contributed by atoms with van der Waals surface area (Å²) in [7, 11) is 0. The van der Waals surface area contributed by atoms with Gasteiger partial charge in [-0.2, -0.15) is 0 Å².